The van der Waals surface area contributed by atoms with E-state index in [1.807, 2.05) is 0 Å². The van der Waals surface area contributed by atoms with Gasteiger partial charge in [0.1, 0.15) is 12.4 Å². The fraction of sp³-hybridized carbons (Fsp3) is 0.880. The molecule has 0 spiro atoms. The van der Waals surface area contributed by atoms with Crippen LogP contribution in [0.3, 0.4) is 0 Å². The van der Waals surface area contributed by atoms with Crippen LogP contribution in [0.1, 0.15) is 129 Å². The molecule has 1 heterocycles. The lowest BCUT2D eigenvalue weighted by Crippen LogP contribution is -2.36. The summed E-state index contributed by atoms with van der Waals surface area (Å²) in [4.78, 5) is 0. The number of imidazole rings is 1. The van der Waals surface area contributed by atoms with E-state index < -0.39 is 0 Å². The number of aromatic nitrogens is 2. The van der Waals surface area contributed by atoms with Gasteiger partial charge >= 0.3 is 0 Å². The van der Waals surface area contributed by atoms with Gasteiger partial charge in [0.2, 0.25) is 0 Å². The molecular formula is C25H49N2+. The minimum Gasteiger partial charge on any atom is -0.235 e. The molecule has 0 aliphatic heterocycles. The summed E-state index contributed by atoms with van der Waals surface area (Å²) in [5.41, 5.74) is 0. The van der Waals surface area contributed by atoms with E-state index in [4.69, 9.17) is 0 Å². The second-order valence-corrected chi connectivity index (χ2v) is 8.39. The first kappa shape index (κ1) is 24.2. The number of hydrogen-bond donors (Lipinski definition) is 0. The average Bonchev–Trinajstić information content (AvgIpc) is 3.08. The molecule has 0 fully saturated rings. The van der Waals surface area contributed by atoms with Gasteiger partial charge in [-0.15, -0.1) is 0 Å². The Balaban J connectivity index is 2.19. The van der Waals surface area contributed by atoms with Crippen molar-refractivity contribution in [3.63, 3.8) is 0 Å². The van der Waals surface area contributed by atoms with E-state index in [0.717, 1.165) is 6.54 Å². The number of nitrogens with zero attached hydrogens (tertiary/aromatic N) is 2. The largest absolute Gasteiger partial charge is 0.256 e. The van der Waals surface area contributed by atoms with E-state index in [1.165, 1.54) is 116 Å². The highest BCUT2D eigenvalue weighted by atomic mass is 15.1. The molecule has 2 heteroatoms. The molecule has 0 aromatic carbocycles. The van der Waals surface area contributed by atoms with E-state index in [1.54, 1.807) is 5.82 Å². The third-order valence-corrected chi connectivity index (χ3v) is 5.94. The van der Waals surface area contributed by atoms with Crippen LogP contribution in [0.15, 0.2) is 12.4 Å². The second-order valence-electron chi connectivity index (χ2n) is 8.39. The molecule has 0 N–H and O–H groups in total. The Bertz CT molecular complexity index is 436. The highest BCUT2D eigenvalue weighted by Gasteiger charge is 2.15. The topological polar surface area (TPSA) is 8.81 Å². The maximum atomic E-state index is 2.54. The van der Waals surface area contributed by atoms with E-state index in [9.17, 15) is 0 Å². The zero-order valence-corrected chi connectivity index (χ0v) is 19.0. The molecule has 158 valence electrons. The first-order chi connectivity index (χ1) is 13.3. The number of hydrogen-bond acceptors (Lipinski definition) is 0. The molecule has 0 bridgehead atoms. The molecule has 0 amide bonds. The Morgan fingerprint density at radius 3 is 1.63 bits per heavy atom. The highest BCUT2D eigenvalue weighted by molar-refractivity contribution is 4.84. The van der Waals surface area contributed by atoms with E-state index in [-0.39, 0.29) is 0 Å². The molecule has 1 aromatic heterocycles. The summed E-state index contributed by atoms with van der Waals surface area (Å²) in [5, 5.41) is 0. The van der Waals surface area contributed by atoms with Crippen LogP contribution in [0.5, 0.6) is 0 Å². The van der Waals surface area contributed by atoms with Gasteiger partial charge in [0, 0.05) is 6.42 Å². The standard InChI is InChI=1S/C25H49N2/c1-4-7-9-11-13-15-17-19-21-25-26(6-3)23-24-27(25)22-20-18-16-14-12-10-8-5-2/h23-24H,4-22H2,1-3H3/q+1. The van der Waals surface area contributed by atoms with Crippen LogP contribution < -0.4 is 4.57 Å². The molecule has 0 aliphatic rings. The van der Waals surface area contributed by atoms with Gasteiger partial charge in [0.15, 0.2) is 0 Å². The van der Waals surface area contributed by atoms with Crippen molar-refractivity contribution < 1.29 is 4.57 Å². The molecule has 2 nitrogen and oxygen atoms in total. The number of unbranched alkanes of at least 4 members (excludes halogenated alkanes) is 14. The predicted octanol–water partition coefficient (Wildman–Crippen LogP) is 7.62. The van der Waals surface area contributed by atoms with Crippen LogP contribution in [0.4, 0.5) is 0 Å². The minimum atomic E-state index is 1.11. The van der Waals surface area contributed by atoms with Crippen LogP contribution in [-0.4, -0.2) is 4.57 Å². The Morgan fingerprint density at radius 2 is 1.11 bits per heavy atom. The Labute approximate surface area is 170 Å². The lowest BCUT2D eigenvalue weighted by Gasteiger charge is -2.05. The van der Waals surface area contributed by atoms with Crippen LogP contribution in [0, 0.1) is 0 Å². The van der Waals surface area contributed by atoms with Crippen molar-refractivity contribution in [2.75, 3.05) is 0 Å². The van der Waals surface area contributed by atoms with E-state index in [2.05, 4.69) is 42.3 Å². The third-order valence-electron chi connectivity index (χ3n) is 5.94. The van der Waals surface area contributed by atoms with Crippen LogP contribution in [-0.2, 0) is 19.5 Å². The normalized spacial score (nSPS) is 11.4. The maximum Gasteiger partial charge on any atom is 0.256 e. The SMILES string of the molecule is CCCCCCCCCCc1n(CCCCCCCCCC)cc[n+]1CC. The first-order valence-electron chi connectivity index (χ1n) is 12.4. The summed E-state index contributed by atoms with van der Waals surface area (Å²) < 4.78 is 5.01. The van der Waals surface area contributed by atoms with Crippen molar-refractivity contribution in [3.05, 3.63) is 18.2 Å². The van der Waals surface area contributed by atoms with Gasteiger partial charge in [-0.05, 0) is 26.2 Å². The molecule has 1 rings (SSSR count). The van der Waals surface area contributed by atoms with Gasteiger partial charge in [0.05, 0.1) is 13.1 Å². The lowest BCUT2D eigenvalue weighted by atomic mass is 10.1. The third kappa shape index (κ3) is 11.6. The van der Waals surface area contributed by atoms with Crippen molar-refractivity contribution in [2.24, 2.45) is 0 Å². The lowest BCUT2D eigenvalue weighted by molar-refractivity contribution is -0.700. The monoisotopic (exact) mass is 377 g/mol. The van der Waals surface area contributed by atoms with Gasteiger partial charge in [0.25, 0.3) is 5.82 Å². The van der Waals surface area contributed by atoms with Gasteiger partial charge < -0.3 is 0 Å². The van der Waals surface area contributed by atoms with Crippen LogP contribution in [0.25, 0.3) is 0 Å². The molecule has 0 saturated heterocycles. The van der Waals surface area contributed by atoms with Gasteiger partial charge in [-0.1, -0.05) is 97.3 Å². The Morgan fingerprint density at radius 1 is 0.630 bits per heavy atom. The number of rotatable bonds is 19. The van der Waals surface area contributed by atoms with Crippen molar-refractivity contribution in [2.45, 2.75) is 143 Å². The number of aryl methyl sites for hydroxylation is 2. The molecule has 0 aliphatic carbocycles. The molecule has 0 radical (unpaired) electrons. The van der Waals surface area contributed by atoms with E-state index >= 15 is 0 Å². The summed E-state index contributed by atoms with van der Waals surface area (Å²) in [5.74, 6) is 1.56. The van der Waals surface area contributed by atoms with Gasteiger partial charge in [-0.25, -0.2) is 9.13 Å². The van der Waals surface area contributed by atoms with Gasteiger partial charge in [-0.2, -0.15) is 0 Å². The second kappa shape index (κ2) is 17.3. The summed E-state index contributed by atoms with van der Waals surface area (Å²) in [6.45, 7) is 9.19. The fourth-order valence-corrected chi connectivity index (χ4v) is 4.11. The van der Waals surface area contributed by atoms with Gasteiger partial charge in [-0.3, -0.25) is 0 Å². The smallest absolute Gasteiger partial charge is 0.235 e. The minimum absolute atomic E-state index is 1.11. The molecular weight excluding hydrogens is 328 g/mol. The molecule has 1 aromatic rings. The summed E-state index contributed by atoms with van der Waals surface area (Å²) in [6.07, 6.45) is 28.4. The van der Waals surface area contributed by atoms with Crippen LogP contribution >= 0.6 is 0 Å². The predicted molar refractivity (Wildman–Crippen MR) is 119 cm³/mol. The summed E-state index contributed by atoms with van der Waals surface area (Å²) >= 11 is 0. The molecule has 27 heavy (non-hydrogen) atoms. The molecule has 0 atom stereocenters. The summed E-state index contributed by atoms with van der Waals surface area (Å²) in [7, 11) is 0. The Hall–Kier alpha value is -0.790. The van der Waals surface area contributed by atoms with E-state index in [0.29, 0.717) is 0 Å². The maximum absolute atomic E-state index is 2.54. The quantitative estimate of drug-likeness (QED) is 0.173. The molecule has 0 unspecified atom stereocenters. The van der Waals surface area contributed by atoms with Crippen molar-refractivity contribution in [1.29, 1.82) is 0 Å². The molecule has 0 saturated carbocycles. The summed E-state index contributed by atoms with van der Waals surface area (Å²) in [6, 6.07) is 0. The zero-order valence-electron chi connectivity index (χ0n) is 19.0. The van der Waals surface area contributed by atoms with Crippen molar-refractivity contribution in [3.8, 4) is 0 Å². The van der Waals surface area contributed by atoms with Crippen molar-refractivity contribution >= 4 is 0 Å². The average molecular weight is 378 g/mol. The first-order valence-corrected chi connectivity index (χ1v) is 12.4. The fourth-order valence-electron chi connectivity index (χ4n) is 4.11. The van der Waals surface area contributed by atoms with Crippen LogP contribution in [0.2, 0.25) is 0 Å². The van der Waals surface area contributed by atoms with Crippen molar-refractivity contribution in [1.82, 2.24) is 4.57 Å². The zero-order chi connectivity index (χ0) is 19.6. The highest BCUT2D eigenvalue weighted by Crippen LogP contribution is 2.12. The Kier molecular flexibility index (Phi) is 15.6.